The van der Waals surface area contributed by atoms with Crippen molar-refractivity contribution >= 4 is 24.2 Å². The van der Waals surface area contributed by atoms with E-state index in [1.54, 1.807) is 7.05 Å². The minimum atomic E-state index is -0.177. The molecule has 2 amide bonds. The van der Waals surface area contributed by atoms with Gasteiger partial charge in [0.25, 0.3) is 0 Å². The lowest BCUT2D eigenvalue weighted by molar-refractivity contribution is -0.127. The highest BCUT2D eigenvalue weighted by Gasteiger charge is 2.32. The molecular weight excluding hydrogens is 254 g/mol. The van der Waals surface area contributed by atoms with Gasteiger partial charge in [-0.15, -0.1) is 12.4 Å². The van der Waals surface area contributed by atoms with Gasteiger partial charge in [0.1, 0.15) is 0 Å². The van der Waals surface area contributed by atoms with E-state index in [9.17, 15) is 9.59 Å². The van der Waals surface area contributed by atoms with Crippen LogP contribution >= 0.6 is 12.4 Å². The summed E-state index contributed by atoms with van der Waals surface area (Å²) in [4.78, 5) is 22.8. The van der Waals surface area contributed by atoms with Crippen LogP contribution in [-0.2, 0) is 9.59 Å². The predicted molar refractivity (Wildman–Crippen MR) is 73.5 cm³/mol. The van der Waals surface area contributed by atoms with Crippen molar-refractivity contribution in [1.29, 1.82) is 0 Å². The van der Waals surface area contributed by atoms with Gasteiger partial charge in [-0.05, 0) is 24.8 Å². The highest BCUT2D eigenvalue weighted by molar-refractivity contribution is 5.85. The van der Waals surface area contributed by atoms with Crippen LogP contribution in [0.4, 0.5) is 0 Å². The number of hydrogen-bond donors (Lipinski definition) is 3. The van der Waals surface area contributed by atoms with Crippen molar-refractivity contribution in [3.8, 4) is 0 Å². The molecule has 0 atom stereocenters. The number of carbonyl (C=O) groups is 2. The number of nitrogens with one attached hydrogen (secondary N) is 2. The first kappa shape index (κ1) is 17.2. The second kappa shape index (κ2) is 8.32. The van der Waals surface area contributed by atoms with Crippen LogP contribution < -0.4 is 16.4 Å². The summed E-state index contributed by atoms with van der Waals surface area (Å²) >= 11 is 0. The number of hydrogen-bond acceptors (Lipinski definition) is 3. The lowest BCUT2D eigenvalue weighted by Gasteiger charge is -2.35. The highest BCUT2D eigenvalue weighted by atomic mass is 35.5. The van der Waals surface area contributed by atoms with Crippen molar-refractivity contribution in [1.82, 2.24) is 10.6 Å². The van der Waals surface area contributed by atoms with Gasteiger partial charge >= 0.3 is 0 Å². The molecule has 0 saturated heterocycles. The minimum Gasteiger partial charge on any atom is -0.358 e. The Morgan fingerprint density at radius 3 is 2.28 bits per heavy atom. The Labute approximate surface area is 115 Å². The third-order valence-electron chi connectivity index (χ3n) is 3.61. The van der Waals surface area contributed by atoms with Crippen LogP contribution in [0.25, 0.3) is 0 Å². The van der Waals surface area contributed by atoms with E-state index in [2.05, 4.69) is 10.6 Å². The van der Waals surface area contributed by atoms with E-state index in [0.717, 1.165) is 25.7 Å². The van der Waals surface area contributed by atoms with Crippen molar-refractivity contribution in [3.05, 3.63) is 0 Å². The summed E-state index contributed by atoms with van der Waals surface area (Å²) in [6, 6.07) is 0. The molecule has 0 unspecified atom stereocenters. The molecule has 0 spiro atoms. The second-order valence-electron chi connectivity index (χ2n) is 4.89. The molecule has 106 valence electrons. The van der Waals surface area contributed by atoms with Gasteiger partial charge in [-0.2, -0.15) is 0 Å². The average Bonchev–Trinajstić information content (AvgIpc) is 2.37. The molecule has 1 fully saturated rings. The molecule has 0 aliphatic heterocycles. The SMILES string of the molecule is CNC(=O)CNC(=O)CC1(CN)CCCCC1.Cl. The molecule has 0 bridgehead atoms. The van der Waals surface area contributed by atoms with Gasteiger partial charge in [0.05, 0.1) is 6.54 Å². The fourth-order valence-corrected chi connectivity index (χ4v) is 2.43. The molecule has 1 rings (SSSR count). The van der Waals surface area contributed by atoms with E-state index in [-0.39, 0.29) is 36.2 Å². The van der Waals surface area contributed by atoms with Gasteiger partial charge in [-0.3, -0.25) is 9.59 Å². The van der Waals surface area contributed by atoms with E-state index in [0.29, 0.717) is 13.0 Å². The summed E-state index contributed by atoms with van der Waals surface area (Å²) in [6.45, 7) is 0.608. The predicted octanol–water partition coefficient (Wildman–Crippen LogP) is 0.570. The maximum absolute atomic E-state index is 11.7. The molecule has 0 aromatic heterocycles. The topological polar surface area (TPSA) is 84.2 Å². The Morgan fingerprint density at radius 2 is 1.78 bits per heavy atom. The Morgan fingerprint density at radius 1 is 1.17 bits per heavy atom. The Bertz CT molecular complexity index is 278. The van der Waals surface area contributed by atoms with Gasteiger partial charge < -0.3 is 16.4 Å². The quantitative estimate of drug-likeness (QED) is 0.687. The van der Waals surface area contributed by atoms with E-state index < -0.39 is 0 Å². The van der Waals surface area contributed by atoms with Crippen LogP contribution in [0, 0.1) is 5.41 Å². The van der Waals surface area contributed by atoms with Crippen LogP contribution in [0.15, 0.2) is 0 Å². The molecule has 6 heteroatoms. The first-order valence-electron chi connectivity index (χ1n) is 6.29. The molecule has 5 nitrogen and oxygen atoms in total. The van der Waals surface area contributed by atoms with Gasteiger partial charge in [0.15, 0.2) is 0 Å². The van der Waals surface area contributed by atoms with Crippen LogP contribution in [0.5, 0.6) is 0 Å². The molecule has 0 aromatic carbocycles. The Hall–Kier alpha value is -0.810. The zero-order valence-corrected chi connectivity index (χ0v) is 11.8. The summed E-state index contributed by atoms with van der Waals surface area (Å²) < 4.78 is 0. The number of likely N-dealkylation sites (N-methyl/N-ethyl adjacent to an activating group) is 1. The lowest BCUT2D eigenvalue weighted by atomic mass is 9.71. The van der Waals surface area contributed by atoms with Crippen molar-refractivity contribution < 1.29 is 9.59 Å². The smallest absolute Gasteiger partial charge is 0.239 e. The monoisotopic (exact) mass is 277 g/mol. The van der Waals surface area contributed by atoms with Crippen molar-refractivity contribution in [2.24, 2.45) is 11.1 Å². The molecule has 0 aromatic rings. The van der Waals surface area contributed by atoms with Crippen molar-refractivity contribution in [3.63, 3.8) is 0 Å². The molecular formula is C12H24ClN3O2. The van der Waals surface area contributed by atoms with Crippen LogP contribution in [0.3, 0.4) is 0 Å². The molecule has 1 aliphatic rings. The van der Waals surface area contributed by atoms with E-state index >= 15 is 0 Å². The van der Waals surface area contributed by atoms with Gasteiger partial charge in [0.2, 0.25) is 11.8 Å². The maximum Gasteiger partial charge on any atom is 0.239 e. The normalized spacial score (nSPS) is 17.4. The van der Waals surface area contributed by atoms with Gasteiger partial charge in [-0.25, -0.2) is 0 Å². The molecule has 4 N–H and O–H groups in total. The first-order chi connectivity index (χ1) is 8.12. The Kier molecular flexibility index (Phi) is 7.95. The lowest BCUT2D eigenvalue weighted by Crippen LogP contribution is -2.41. The minimum absolute atomic E-state index is 0. The molecule has 0 radical (unpaired) electrons. The summed E-state index contributed by atoms with van der Waals surface area (Å²) in [5.41, 5.74) is 5.77. The summed E-state index contributed by atoms with van der Waals surface area (Å²) in [7, 11) is 1.55. The zero-order chi connectivity index (χ0) is 12.7. The highest BCUT2D eigenvalue weighted by Crippen LogP contribution is 2.38. The molecule has 1 aliphatic carbocycles. The number of halogens is 1. The third-order valence-corrected chi connectivity index (χ3v) is 3.61. The van der Waals surface area contributed by atoms with E-state index in [4.69, 9.17) is 5.73 Å². The Balaban J connectivity index is 0.00000289. The average molecular weight is 278 g/mol. The van der Waals surface area contributed by atoms with Crippen LogP contribution in [0.2, 0.25) is 0 Å². The number of rotatable bonds is 5. The zero-order valence-electron chi connectivity index (χ0n) is 11.0. The van der Waals surface area contributed by atoms with Gasteiger partial charge in [0, 0.05) is 13.5 Å². The third kappa shape index (κ3) is 5.23. The van der Waals surface area contributed by atoms with Crippen molar-refractivity contribution in [2.75, 3.05) is 20.1 Å². The van der Waals surface area contributed by atoms with Gasteiger partial charge in [-0.1, -0.05) is 19.3 Å². The number of carbonyl (C=O) groups excluding carboxylic acids is 2. The van der Waals surface area contributed by atoms with E-state index in [1.165, 1.54) is 6.42 Å². The molecule has 1 saturated carbocycles. The standard InChI is InChI=1S/C12H23N3O2.ClH/c1-14-11(17)8-15-10(16)7-12(9-13)5-3-2-4-6-12;/h2-9,13H2,1H3,(H,14,17)(H,15,16);1H. The fourth-order valence-electron chi connectivity index (χ4n) is 2.43. The van der Waals surface area contributed by atoms with Crippen LogP contribution in [-0.4, -0.2) is 32.0 Å². The first-order valence-corrected chi connectivity index (χ1v) is 6.29. The molecule has 18 heavy (non-hydrogen) atoms. The fraction of sp³-hybridized carbons (Fsp3) is 0.833. The maximum atomic E-state index is 11.7. The number of amides is 2. The largest absolute Gasteiger partial charge is 0.358 e. The van der Waals surface area contributed by atoms with Crippen LogP contribution in [0.1, 0.15) is 38.5 Å². The summed E-state index contributed by atoms with van der Waals surface area (Å²) in [6.07, 6.45) is 6.04. The number of nitrogens with two attached hydrogens (primary N) is 1. The summed E-state index contributed by atoms with van der Waals surface area (Å²) in [5, 5.41) is 5.10. The molecule has 0 heterocycles. The second-order valence-corrected chi connectivity index (χ2v) is 4.89. The van der Waals surface area contributed by atoms with Crippen molar-refractivity contribution in [2.45, 2.75) is 38.5 Å². The van der Waals surface area contributed by atoms with E-state index in [1.807, 2.05) is 0 Å². The summed E-state index contributed by atoms with van der Waals surface area (Å²) in [5.74, 6) is -0.246.